The van der Waals surface area contributed by atoms with Crippen LogP contribution in [0.1, 0.15) is 25.7 Å². The summed E-state index contributed by atoms with van der Waals surface area (Å²) in [5.74, 6) is 1.73. The van der Waals surface area contributed by atoms with Crippen molar-refractivity contribution in [1.82, 2.24) is 0 Å². The van der Waals surface area contributed by atoms with Crippen molar-refractivity contribution >= 4 is 11.6 Å². The monoisotopic (exact) mass is 195 g/mol. The summed E-state index contributed by atoms with van der Waals surface area (Å²) in [6, 6.07) is 2.29. The summed E-state index contributed by atoms with van der Waals surface area (Å²) in [6.07, 6.45) is 6.30. The molecule has 0 saturated heterocycles. The molecule has 2 fully saturated rings. The van der Waals surface area contributed by atoms with Gasteiger partial charge in [0.25, 0.3) is 0 Å². The van der Waals surface area contributed by atoms with Gasteiger partial charge in [-0.1, -0.05) is 6.08 Å². The molecular weight excluding hydrogens is 182 g/mol. The molecule has 0 aromatic rings. The third-order valence-corrected chi connectivity index (χ3v) is 4.26. The highest BCUT2D eigenvalue weighted by Gasteiger charge is 2.56. The Kier molecular flexibility index (Phi) is 2.12. The van der Waals surface area contributed by atoms with Crippen molar-refractivity contribution in [3.63, 3.8) is 0 Å². The Labute approximate surface area is 84.4 Å². The van der Waals surface area contributed by atoms with E-state index in [0.29, 0.717) is 17.8 Å². The zero-order valence-corrected chi connectivity index (χ0v) is 8.43. The van der Waals surface area contributed by atoms with E-state index in [1.165, 1.54) is 6.42 Å². The topological polar surface area (TPSA) is 23.8 Å². The highest BCUT2D eigenvalue weighted by molar-refractivity contribution is 6.26. The lowest BCUT2D eigenvalue weighted by Crippen LogP contribution is -2.27. The first-order valence-electron chi connectivity index (χ1n) is 4.92. The van der Waals surface area contributed by atoms with E-state index in [2.05, 4.69) is 12.6 Å². The van der Waals surface area contributed by atoms with Gasteiger partial charge in [0.1, 0.15) is 4.87 Å². The summed E-state index contributed by atoms with van der Waals surface area (Å²) in [6.45, 7) is 3.77. The van der Waals surface area contributed by atoms with Gasteiger partial charge in [-0.05, 0) is 43.4 Å². The number of hydrogen-bond acceptors (Lipinski definition) is 1. The van der Waals surface area contributed by atoms with Gasteiger partial charge in [0.15, 0.2) is 0 Å². The second kappa shape index (κ2) is 3.03. The minimum Gasteiger partial charge on any atom is -0.196 e. The van der Waals surface area contributed by atoms with Crippen LogP contribution in [0.25, 0.3) is 0 Å². The maximum absolute atomic E-state index is 9.03. The standard InChI is InChI=1S/C11H14ClN/c1-2-3-9-8-4-5-10(9)11(12,6-8)7-13/h2,8-10H,1,3-6H2. The van der Waals surface area contributed by atoms with Gasteiger partial charge in [-0.15, -0.1) is 18.2 Å². The highest BCUT2D eigenvalue weighted by atomic mass is 35.5. The Balaban J connectivity index is 2.20. The molecule has 4 unspecified atom stereocenters. The van der Waals surface area contributed by atoms with Crippen molar-refractivity contribution in [3.05, 3.63) is 12.7 Å². The van der Waals surface area contributed by atoms with Crippen molar-refractivity contribution in [1.29, 1.82) is 5.26 Å². The van der Waals surface area contributed by atoms with Gasteiger partial charge in [0.2, 0.25) is 0 Å². The first-order valence-corrected chi connectivity index (χ1v) is 5.30. The Hall–Kier alpha value is -0.480. The van der Waals surface area contributed by atoms with Crippen molar-refractivity contribution < 1.29 is 0 Å². The Morgan fingerprint density at radius 2 is 2.38 bits per heavy atom. The van der Waals surface area contributed by atoms with E-state index in [9.17, 15) is 0 Å². The molecule has 2 aliphatic carbocycles. The fourth-order valence-corrected chi connectivity index (χ4v) is 3.65. The summed E-state index contributed by atoms with van der Waals surface area (Å²) in [5.41, 5.74) is 0. The van der Waals surface area contributed by atoms with Gasteiger partial charge in [-0.3, -0.25) is 0 Å². The molecule has 2 saturated carbocycles. The SMILES string of the molecule is C=CCC1C2CCC1C(Cl)(C#N)C2. The lowest BCUT2D eigenvalue weighted by molar-refractivity contribution is 0.396. The van der Waals surface area contributed by atoms with Crippen LogP contribution in [-0.2, 0) is 0 Å². The van der Waals surface area contributed by atoms with E-state index in [-0.39, 0.29) is 0 Å². The average molecular weight is 196 g/mol. The van der Waals surface area contributed by atoms with Crippen LogP contribution in [0.4, 0.5) is 0 Å². The van der Waals surface area contributed by atoms with Crippen LogP contribution in [0.5, 0.6) is 0 Å². The van der Waals surface area contributed by atoms with Crippen LogP contribution in [0.2, 0.25) is 0 Å². The summed E-state index contributed by atoms with van der Waals surface area (Å²) in [5, 5.41) is 9.03. The molecule has 13 heavy (non-hydrogen) atoms. The van der Waals surface area contributed by atoms with Gasteiger partial charge in [-0.2, -0.15) is 5.26 Å². The zero-order valence-electron chi connectivity index (χ0n) is 7.67. The molecule has 0 heterocycles. The Bertz CT molecular complexity index is 268. The van der Waals surface area contributed by atoms with E-state index < -0.39 is 4.87 Å². The normalized spacial score (nSPS) is 47.5. The third kappa shape index (κ3) is 1.20. The first-order chi connectivity index (χ1) is 6.21. The van der Waals surface area contributed by atoms with Gasteiger partial charge in [-0.25, -0.2) is 0 Å². The van der Waals surface area contributed by atoms with E-state index in [0.717, 1.165) is 19.3 Å². The molecule has 0 aromatic heterocycles. The molecule has 2 rings (SSSR count). The quantitative estimate of drug-likeness (QED) is 0.491. The van der Waals surface area contributed by atoms with Gasteiger partial charge >= 0.3 is 0 Å². The van der Waals surface area contributed by atoms with Crippen molar-refractivity contribution in [2.24, 2.45) is 17.8 Å². The Morgan fingerprint density at radius 3 is 2.92 bits per heavy atom. The number of nitrogens with zero attached hydrogens (tertiary/aromatic N) is 1. The predicted octanol–water partition coefficient (Wildman–Crippen LogP) is 3.11. The fourth-order valence-electron chi connectivity index (χ4n) is 3.18. The van der Waals surface area contributed by atoms with Gasteiger partial charge < -0.3 is 0 Å². The maximum Gasteiger partial charge on any atom is 0.134 e. The molecule has 2 heteroatoms. The molecule has 1 nitrogen and oxygen atoms in total. The molecule has 0 aromatic carbocycles. The number of nitriles is 1. The molecule has 70 valence electrons. The molecule has 4 atom stereocenters. The summed E-state index contributed by atoms with van der Waals surface area (Å²) in [4.78, 5) is -0.545. The smallest absolute Gasteiger partial charge is 0.134 e. The number of alkyl halides is 1. The maximum atomic E-state index is 9.03. The fraction of sp³-hybridized carbons (Fsp3) is 0.727. The van der Waals surface area contributed by atoms with Crippen LogP contribution in [0.3, 0.4) is 0 Å². The van der Waals surface area contributed by atoms with Gasteiger partial charge in [0, 0.05) is 0 Å². The van der Waals surface area contributed by atoms with E-state index in [1.807, 2.05) is 6.08 Å². The van der Waals surface area contributed by atoms with Crippen LogP contribution in [0.15, 0.2) is 12.7 Å². The average Bonchev–Trinajstić information content (AvgIpc) is 2.61. The number of hydrogen-bond donors (Lipinski definition) is 0. The summed E-state index contributed by atoms with van der Waals surface area (Å²) >= 11 is 6.29. The Morgan fingerprint density at radius 1 is 1.62 bits per heavy atom. The van der Waals surface area contributed by atoms with Crippen molar-refractivity contribution in [2.75, 3.05) is 0 Å². The minimum atomic E-state index is -0.545. The molecule has 2 bridgehead atoms. The molecule has 2 aliphatic rings. The minimum absolute atomic E-state index is 0.419. The van der Waals surface area contributed by atoms with Crippen LogP contribution in [0, 0.1) is 29.1 Å². The lowest BCUT2D eigenvalue weighted by atomic mass is 9.88. The van der Waals surface area contributed by atoms with Crippen LogP contribution < -0.4 is 0 Å². The molecule has 0 radical (unpaired) electrons. The molecule has 0 amide bonds. The second-order valence-electron chi connectivity index (χ2n) is 4.31. The molecule has 0 aliphatic heterocycles. The molecular formula is C11H14ClN. The summed E-state index contributed by atoms with van der Waals surface area (Å²) in [7, 11) is 0. The zero-order chi connectivity index (χ0) is 9.47. The van der Waals surface area contributed by atoms with Crippen molar-refractivity contribution in [2.45, 2.75) is 30.6 Å². The van der Waals surface area contributed by atoms with E-state index >= 15 is 0 Å². The predicted molar refractivity (Wildman–Crippen MR) is 53.3 cm³/mol. The van der Waals surface area contributed by atoms with Gasteiger partial charge in [0.05, 0.1) is 6.07 Å². The van der Waals surface area contributed by atoms with Crippen LogP contribution in [-0.4, -0.2) is 4.87 Å². The number of fused-ring (bicyclic) bond motifs is 2. The first kappa shape index (κ1) is 9.09. The van der Waals surface area contributed by atoms with Crippen LogP contribution >= 0.6 is 11.6 Å². The number of halogens is 1. The van der Waals surface area contributed by atoms with E-state index in [1.54, 1.807) is 0 Å². The summed E-state index contributed by atoms with van der Waals surface area (Å²) < 4.78 is 0. The lowest BCUT2D eigenvalue weighted by Gasteiger charge is -2.24. The second-order valence-corrected chi connectivity index (χ2v) is 4.99. The molecule has 0 spiro atoms. The number of rotatable bonds is 2. The third-order valence-electron chi connectivity index (χ3n) is 3.74. The van der Waals surface area contributed by atoms with E-state index in [4.69, 9.17) is 16.9 Å². The highest BCUT2D eigenvalue weighted by Crippen LogP contribution is 2.58. The van der Waals surface area contributed by atoms with Crippen molar-refractivity contribution in [3.8, 4) is 6.07 Å². The largest absolute Gasteiger partial charge is 0.196 e. The number of allylic oxidation sites excluding steroid dienone is 1. The molecule has 0 N–H and O–H groups in total.